The van der Waals surface area contributed by atoms with Crippen LogP contribution >= 0.6 is 11.3 Å². The Balaban J connectivity index is 2.19. The van der Waals surface area contributed by atoms with Crippen LogP contribution in [0.2, 0.25) is 0 Å². The Kier molecular flexibility index (Phi) is 6.91. The third-order valence-electron chi connectivity index (χ3n) is 3.84. The number of nitriles is 2. The van der Waals surface area contributed by atoms with Crippen molar-refractivity contribution in [1.82, 2.24) is 0 Å². The molecule has 8 heteroatoms. The number of carbonyl (C=O) groups is 2. The van der Waals surface area contributed by atoms with E-state index in [-0.39, 0.29) is 12.2 Å². The number of thiophene rings is 1. The molecule has 2 rings (SSSR count). The largest absolute Gasteiger partial charge is 0.484 e. The summed E-state index contributed by atoms with van der Waals surface area (Å²) in [7, 11) is 0. The van der Waals surface area contributed by atoms with E-state index in [2.05, 4.69) is 11.4 Å². The van der Waals surface area contributed by atoms with Gasteiger partial charge in [0.05, 0.1) is 5.56 Å². The molecule has 7 nitrogen and oxygen atoms in total. The molecule has 0 radical (unpaired) electrons. The lowest BCUT2D eigenvalue weighted by Crippen LogP contribution is -2.19. The zero-order chi connectivity index (χ0) is 20.7. The van der Waals surface area contributed by atoms with Crippen LogP contribution in [0.1, 0.15) is 28.5 Å². The second kappa shape index (κ2) is 9.36. The summed E-state index contributed by atoms with van der Waals surface area (Å²) in [5, 5.41) is 21.8. The minimum absolute atomic E-state index is 0.0983. The molecule has 3 N–H and O–H groups in total. The highest BCUT2D eigenvalue weighted by Crippen LogP contribution is 2.33. The minimum Gasteiger partial charge on any atom is -0.484 e. The van der Waals surface area contributed by atoms with Crippen molar-refractivity contribution in [1.29, 1.82) is 10.5 Å². The number of hydrogen-bond donors (Lipinski definition) is 2. The van der Waals surface area contributed by atoms with Crippen LogP contribution in [-0.2, 0) is 16.0 Å². The number of nitrogens with zero attached hydrogens (tertiary/aromatic N) is 2. The van der Waals surface area contributed by atoms with Gasteiger partial charge in [0.25, 0.3) is 11.8 Å². The van der Waals surface area contributed by atoms with E-state index in [0.29, 0.717) is 28.3 Å². The van der Waals surface area contributed by atoms with Crippen molar-refractivity contribution >= 4 is 34.2 Å². The molecule has 1 heterocycles. The number of primary amides is 1. The molecule has 1 aromatic carbocycles. The lowest BCUT2D eigenvalue weighted by molar-refractivity contribution is -0.120. The smallest absolute Gasteiger partial charge is 0.266 e. The first-order valence-electron chi connectivity index (χ1n) is 8.36. The molecule has 2 amide bonds. The zero-order valence-electron chi connectivity index (χ0n) is 15.4. The first kappa shape index (κ1) is 20.7. The number of nitrogens with two attached hydrogens (primary N) is 1. The van der Waals surface area contributed by atoms with E-state index in [9.17, 15) is 20.1 Å². The average molecular weight is 394 g/mol. The Hall–Kier alpha value is -3.62. The summed E-state index contributed by atoms with van der Waals surface area (Å²) >= 11 is 1.32. The van der Waals surface area contributed by atoms with Crippen molar-refractivity contribution in [2.45, 2.75) is 20.3 Å². The molecular weight excluding hydrogens is 376 g/mol. The second-order valence-corrected chi connectivity index (χ2v) is 6.98. The Morgan fingerprint density at radius 1 is 1.29 bits per heavy atom. The number of carbonyl (C=O) groups excluding carboxylic acids is 2. The highest BCUT2D eigenvalue weighted by atomic mass is 32.1. The van der Waals surface area contributed by atoms with Gasteiger partial charge in [-0.3, -0.25) is 9.59 Å². The van der Waals surface area contributed by atoms with E-state index >= 15 is 0 Å². The van der Waals surface area contributed by atoms with E-state index < -0.39 is 11.8 Å². The monoisotopic (exact) mass is 394 g/mol. The lowest BCUT2D eigenvalue weighted by Gasteiger charge is -2.05. The second-order valence-electron chi connectivity index (χ2n) is 5.75. The zero-order valence-corrected chi connectivity index (χ0v) is 16.2. The third-order valence-corrected chi connectivity index (χ3v) is 4.90. The summed E-state index contributed by atoms with van der Waals surface area (Å²) in [6.07, 6.45) is 2.12. The number of benzene rings is 1. The van der Waals surface area contributed by atoms with Crippen LogP contribution in [-0.4, -0.2) is 18.4 Å². The Bertz CT molecular complexity index is 1010. The minimum atomic E-state index is -0.586. The van der Waals surface area contributed by atoms with Crippen LogP contribution in [0.4, 0.5) is 5.00 Å². The molecule has 0 spiro atoms. The van der Waals surface area contributed by atoms with Crippen molar-refractivity contribution in [3.05, 3.63) is 51.4 Å². The van der Waals surface area contributed by atoms with Gasteiger partial charge in [-0.25, -0.2) is 0 Å². The molecule has 0 saturated heterocycles. The lowest BCUT2D eigenvalue weighted by atomic mass is 10.1. The fourth-order valence-corrected chi connectivity index (χ4v) is 3.60. The van der Waals surface area contributed by atoms with Gasteiger partial charge in [0, 0.05) is 4.88 Å². The van der Waals surface area contributed by atoms with Gasteiger partial charge in [-0.05, 0) is 42.7 Å². The molecule has 0 aliphatic carbocycles. The summed E-state index contributed by atoms with van der Waals surface area (Å²) in [6, 6.07) is 10.5. The third kappa shape index (κ3) is 4.97. The summed E-state index contributed by atoms with van der Waals surface area (Å²) in [5.74, 6) is -0.727. The molecule has 2 aromatic rings. The molecule has 0 bridgehead atoms. The van der Waals surface area contributed by atoms with Crippen LogP contribution in [0.25, 0.3) is 6.08 Å². The van der Waals surface area contributed by atoms with E-state index in [1.807, 2.05) is 19.9 Å². The number of aryl methyl sites for hydroxylation is 1. The molecule has 1 aromatic heterocycles. The summed E-state index contributed by atoms with van der Waals surface area (Å²) in [6.45, 7) is 3.60. The predicted molar refractivity (Wildman–Crippen MR) is 107 cm³/mol. The van der Waals surface area contributed by atoms with Gasteiger partial charge in [0.1, 0.15) is 28.5 Å². The van der Waals surface area contributed by atoms with Crippen molar-refractivity contribution in [3.63, 3.8) is 0 Å². The number of hydrogen-bond acceptors (Lipinski definition) is 6. The topological polar surface area (TPSA) is 129 Å². The number of rotatable bonds is 7. The molecule has 0 aliphatic rings. The molecule has 0 atom stereocenters. The summed E-state index contributed by atoms with van der Waals surface area (Å²) in [4.78, 5) is 24.2. The molecular formula is C20H18N4O3S. The first-order valence-corrected chi connectivity index (χ1v) is 9.17. The Labute approximate surface area is 166 Å². The maximum absolute atomic E-state index is 12.5. The highest BCUT2D eigenvalue weighted by molar-refractivity contribution is 7.16. The molecule has 142 valence electrons. The number of amides is 2. The molecule has 0 saturated carbocycles. The molecule has 0 unspecified atom stereocenters. The predicted octanol–water partition coefficient (Wildman–Crippen LogP) is 2.90. The highest BCUT2D eigenvalue weighted by Gasteiger charge is 2.18. The van der Waals surface area contributed by atoms with Gasteiger partial charge >= 0.3 is 0 Å². The van der Waals surface area contributed by atoms with Crippen molar-refractivity contribution in [2.24, 2.45) is 5.73 Å². The van der Waals surface area contributed by atoms with E-state index in [4.69, 9.17) is 10.5 Å². The Morgan fingerprint density at radius 2 is 1.96 bits per heavy atom. The number of nitrogens with one attached hydrogen (secondary N) is 1. The van der Waals surface area contributed by atoms with Crippen LogP contribution in [0.15, 0.2) is 29.8 Å². The average Bonchev–Trinajstić information content (AvgIpc) is 2.98. The van der Waals surface area contributed by atoms with Crippen LogP contribution < -0.4 is 15.8 Å². The SMILES string of the molecule is CCc1c(C)sc(NC(=O)C(C#N)=Cc2ccc(OCC(N)=O)cc2)c1C#N. The Morgan fingerprint density at radius 3 is 2.50 bits per heavy atom. The van der Waals surface area contributed by atoms with E-state index in [0.717, 1.165) is 10.4 Å². The van der Waals surface area contributed by atoms with E-state index in [1.54, 1.807) is 24.3 Å². The van der Waals surface area contributed by atoms with Crippen molar-refractivity contribution < 1.29 is 14.3 Å². The van der Waals surface area contributed by atoms with E-state index in [1.165, 1.54) is 17.4 Å². The maximum Gasteiger partial charge on any atom is 0.266 e. The first-order chi connectivity index (χ1) is 13.4. The maximum atomic E-state index is 12.5. The van der Waals surface area contributed by atoms with Crippen molar-refractivity contribution in [2.75, 3.05) is 11.9 Å². The summed E-state index contributed by atoms with van der Waals surface area (Å²) in [5.41, 5.74) is 6.86. The fraction of sp³-hybridized carbons (Fsp3) is 0.200. The molecule has 0 fully saturated rings. The number of anilines is 1. The number of ether oxygens (including phenoxy) is 1. The van der Waals surface area contributed by atoms with Crippen LogP contribution in [0.5, 0.6) is 5.75 Å². The van der Waals surface area contributed by atoms with Gasteiger partial charge in [-0.15, -0.1) is 11.3 Å². The van der Waals surface area contributed by atoms with Crippen molar-refractivity contribution in [3.8, 4) is 17.9 Å². The fourth-order valence-electron chi connectivity index (χ4n) is 2.51. The quantitative estimate of drug-likeness (QED) is 0.551. The van der Waals surface area contributed by atoms with Crippen LogP contribution in [0.3, 0.4) is 0 Å². The molecule has 0 aliphatic heterocycles. The van der Waals surface area contributed by atoms with Gasteiger partial charge in [-0.2, -0.15) is 10.5 Å². The van der Waals surface area contributed by atoms with Gasteiger partial charge in [-0.1, -0.05) is 19.1 Å². The molecule has 28 heavy (non-hydrogen) atoms. The van der Waals surface area contributed by atoms with Gasteiger partial charge in [0.2, 0.25) is 0 Å². The van der Waals surface area contributed by atoms with Gasteiger partial charge < -0.3 is 15.8 Å². The normalized spacial score (nSPS) is 10.6. The standard InChI is InChI=1S/C20H18N4O3S/c1-3-16-12(2)28-20(17(16)10-22)24-19(26)14(9-21)8-13-4-6-15(7-5-13)27-11-18(23)25/h4-8H,3,11H2,1-2H3,(H2,23,25)(H,24,26). The van der Waals surface area contributed by atoms with Gasteiger partial charge in [0.15, 0.2) is 6.61 Å². The van der Waals surface area contributed by atoms with Crippen LogP contribution in [0, 0.1) is 29.6 Å². The summed E-state index contributed by atoms with van der Waals surface area (Å²) < 4.78 is 5.16.